The zero-order valence-corrected chi connectivity index (χ0v) is 16.1. The van der Waals surface area contributed by atoms with Crippen LogP contribution in [-0.2, 0) is 18.3 Å². The maximum Gasteiger partial charge on any atom is 0.251 e. The van der Waals surface area contributed by atoms with Gasteiger partial charge in [-0.1, -0.05) is 42.5 Å². The molecule has 0 fully saturated rings. The van der Waals surface area contributed by atoms with Crippen LogP contribution in [0.4, 0.5) is 0 Å². The topological polar surface area (TPSA) is 51.1 Å². The van der Waals surface area contributed by atoms with Gasteiger partial charge >= 0.3 is 0 Å². The Balaban J connectivity index is 1.49. The van der Waals surface area contributed by atoms with Gasteiger partial charge in [-0.2, -0.15) is 0 Å². The fourth-order valence-electron chi connectivity index (χ4n) is 3.78. The van der Waals surface area contributed by atoms with E-state index in [9.17, 15) is 9.59 Å². The van der Waals surface area contributed by atoms with Crippen molar-refractivity contribution in [2.75, 3.05) is 5.75 Å². The lowest BCUT2D eigenvalue weighted by atomic mass is 9.88. The third-order valence-electron chi connectivity index (χ3n) is 5.18. The largest absolute Gasteiger partial charge is 0.349 e. The van der Waals surface area contributed by atoms with Crippen molar-refractivity contribution in [2.45, 2.75) is 30.2 Å². The number of hydrogen-bond donors (Lipinski definition) is 1. The average Bonchev–Trinajstić information content (AvgIpc) is 2.70. The summed E-state index contributed by atoms with van der Waals surface area (Å²) in [6.45, 7) is 0. The summed E-state index contributed by atoms with van der Waals surface area (Å²) in [6.07, 6.45) is 3.15. The predicted octanol–water partition coefficient (Wildman–Crippen LogP) is 3.82. The molecule has 5 heteroatoms. The summed E-state index contributed by atoms with van der Waals surface area (Å²) in [6, 6.07) is 17.9. The second-order valence-electron chi connectivity index (χ2n) is 6.92. The summed E-state index contributed by atoms with van der Waals surface area (Å²) < 4.78 is 1.64. The third kappa shape index (κ3) is 3.65. The molecule has 1 N–H and O–H groups in total. The molecule has 0 bridgehead atoms. The van der Waals surface area contributed by atoms with E-state index in [0.717, 1.165) is 35.1 Å². The van der Waals surface area contributed by atoms with E-state index in [-0.39, 0.29) is 17.5 Å². The zero-order chi connectivity index (χ0) is 18.8. The minimum Gasteiger partial charge on any atom is -0.349 e. The molecule has 1 atom stereocenters. The van der Waals surface area contributed by atoms with E-state index in [1.54, 1.807) is 17.7 Å². The van der Waals surface area contributed by atoms with Gasteiger partial charge in [0.1, 0.15) is 0 Å². The molecular formula is C22H22N2O2S. The first-order chi connectivity index (χ1) is 13.1. The van der Waals surface area contributed by atoms with E-state index >= 15 is 0 Å². The van der Waals surface area contributed by atoms with Gasteiger partial charge in [0.05, 0.1) is 17.3 Å². The number of carbonyl (C=O) groups excluding carboxylic acids is 1. The van der Waals surface area contributed by atoms with E-state index in [0.29, 0.717) is 5.75 Å². The molecule has 138 valence electrons. The number of aromatic nitrogens is 1. The number of rotatable bonds is 4. The molecule has 0 radical (unpaired) electrons. The molecule has 1 aliphatic carbocycles. The van der Waals surface area contributed by atoms with Gasteiger partial charge in [0, 0.05) is 23.4 Å². The molecule has 3 aromatic rings. The Labute approximate surface area is 162 Å². The molecule has 1 aliphatic rings. The minimum absolute atomic E-state index is 0.00598. The summed E-state index contributed by atoms with van der Waals surface area (Å²) >= 11 is 1.43. The van der Waals surface area contributed by atoms with Crippen molar-refractivity contribution in [2.24, 2.45) is 7.05 Å². The molecule has 4 rings (SSSR count). The molecule has 1 aromatic heterocycles. The monoisotopic (exact) mass is 378 g/mol. The van der Waals surface area contributed by atoms with Gasteiger partial charge in [0.15, 0.2) is 0 Å². The lowest BCUT2D eigenvalue weighted by Gasteiger charge is -2.26. The van der Waals surface area contributed by atoms with Crippen LogP contribution in [0.15, 0.2) is 64.3 Å². The first kappa shape index (κ1) is 17.9. The fourth-order valence-corrected chi connectivity index (χ4v) is 4.66. The van der Waals surface area contributed by atoms with E-state index in [1.165, 1.54) is 22.9 Å². The van der Waals surface area contributed by atoms with Crippen LogP contribution in [0.25, 0.3) is 10.9 Å². The first-order valence-electron chi connectivity index (χ1n) is 9.22. The summed E-state index contributed by atoms with van der Waals surface area (Å²) in [5, 5.41) is 4.18. The van der Waals surface area contributed by atoms with Crippen molar-refractivity contribution in [3.8, 4) is 0 Å². The number of aryl methyl sites for hydroxylation is 2. The Morgan fingerprint density at radius 1 is 1.19 bits per heavy atom. The van der Waals surface area contributed by atoms with Crippen molar-refractivity contribution >= 4 is 28.6 Å². The molecule has 2 aromatic carbocycles. The molecule has 27 heavy (non-hydrogen) atoms. The second-order valence-corrected chi connectivity index (χ2v) is 7.94. The highest BCUT2D eigenvalue weighted by Crippen LogP contribution is 2.30. The zero-order valence-electron chi connectivity index (χ0n) is 15.3. The van der Waals surface area contributed by atoms with Crippen molar-refractivity contribution < 1.29 is 4.79 Å². The number of benzene rings is 2. The molecule has 0 unspecified atom stereocenters. The van der Waals surface area contributed by atoms with Crippen LogP contribution < -0.4 is 10.9 Å². The number of para-hydroxylation sites is 1. The number of thioether (sulfide) groups is 1. The van der Waals surface area contributed by atoms with Gasteiger partial charge in [0.25, 0.3) is 5.56 Å². The van der Waals surface area contributed by atoms with Gasteiger partial charge in [-0.15, -0.1) is 11.8 Å². The van der Waals surface area contributed by atoms with Crippen LogP contribution in [0.3, 0.4) is 0 Å². The van der Waals surface area contributed by atoms with Gasteiger partial charge in [0.2, 0.25) is 5.91 Å². The van der Waals surface area contributed by atoms with Crippen LogP contribution >= 0.6 is 11.8 Å². The van der Waals surface area contributed by atoms with Crippen molar-refractivity contribution in [1.29, 1.82) is 0 Å². The highest BCUT2D eigenvalue weighted by atomic mass is 32.2. The Hall–Kier alpha value is -2.53. The Morgan fingerprint density at radius 3 is 2.85 bits per heavy atom. The Kier molecular flexibility index (Phi) is 5.03. The average molecular weight is 378 g/mol. The molecule has 4 nitrogen and oxygen atoms in total. The maximum absolute atomic E-state index is 12.6. The van der Waals surface area contributed by atoms with E-state index < -0.39 is 0 Å². The standard InChI is InChI=1S/C22H22N2O2S/c1-24-19-12-5-4-10-17(19)20(13-22(24)26)27-14-21(25)23-18-11-6-8-15-7-2-3-9-16(15)18/h2-5,7,9-10,12-13,18H,6,8,11,14H2,1H3,(H,23,25)/t18-/m1/s1. The quantitative estimate of drug-likeness (QED) is 0.702. The van der Waals surface area contributed by atoms with Crippen LogP contribution in [0.2, 0.25) is 0 Å². The number of nitrogens with zero attached hydrogens (tertiary/aromatic N) is 1. The highest BCUT2D eigenvalue weighted by molar-refractivity contribution is 8.00. The van der Waals surface area contributed by atoms with Crippen LogP contribution in [0.1, 0.15) is 30.0 Å². The van der Waals surface area contributed by atoms with Gasteiger partial charge < -0.3 is 9.88 Å². The number of nitrogens with one attached hydrogen (secondary N) is 1. The molecule has 0 spiro atoms. The number of fused-ring (bicyclic) bond motifs is 2. The number of amides is 1. The lowest BCUT2D eigenvalue weighted by Crippen LogP contribution is -2.32. The molecule has 1 heterocycles. The number of hydrogen-bond acceptors (Lipinski definition) is 3. The fraction of sp³-hybridized carbons (Fsp3) is 0.273. The highest BCUT2D eigenvalue weighted by Gasteiger charge is 2.21. The van der Waals surface area contributed by atoms with Crippen molar-refractivity contribution in [3.63, 3.8) is 0 Å². The summed E-state index contributed by atoms with van der Waals surface area (Å²) in [7, 11) is 1.77. The minimum atomic E-state index is -0.0576. The Bertz CT molecular complexity index is 1060. The van der Waals surface area contributed by atoms with Crippen molar-refractivity contribution in [1.82, 2.24) is 9.88 Å². The normalized spacial score (nSPS) is 16.1. The molecular weight excluding hydrogens is 356 g/mol. The van der Waals surface area contributed by atoms with Crippen molar-refractivity contribution in [3.05, 3.63) is 76.1 Å². The smallest absolute Gasteiger partial charge is 0.251 e. The summed E-state index contributed by atoms with van der Waals surface area (Å²) in [5.74, 6) is 0.307. The van der Waals surface area contributed by atoms with Gasteiger partial charge in [-0.25, -0.2) is 0 Å². The van der Waals surface area contributed by atoms with Crippen LogP contribution in [-0.4, -0.2) is 16.2 Å². The SMILES string of the molecule is Cn1c(=O)cc(SCC(=O)N[C@@H]2CCCc3ccccc32)c2ccccc21. The molecule has 1 amide bonds. The first-order valence-corrected chi connectivity index (χ1v) is 10.2. The van der Waals surface area contributed by atoms with Crippen LogP contribution in [0, 0.1) is 0 Å². The number of carbonyl (C=O) groups is 1. The van der Waals surface area contributed by atoms with Gasteiger partial charge in [-0.05, 0) is 36.5 Å². The molecule has 0 aliphatic heterocycles. The van der Waals surface area contributed by atoms with Gasteiger partial charge in [-0.3, -0.25) is 9.59 Å². The summed E-state index contributed by atoms with van der Waals surface area (Å²) in [5.41, 5.74) is 3.40. The second kappa shape index (κ2) is 7.61. The summed E-state index contributed by atoms with van der Waals surface area (Å²) in [4.78, 5) is 25.6. The lowest BCUT2D eigenvalue weighted by molar-refractivity contribution is -0.119. The maximum atomic E-state index is 12.6. The van der Waals surface area contributed by atoms with E-state index in [1.807, 2.05) is 30.3 Å². The molecule has 0 saturated heterocycles. The third-order valence-corrected chi connectivity index (χ3v) is 6.23. The number of pyridine rings is 1. The van der Waals surface area contributed by atoms with E-state index in [2.05, 4.69) is 23.5 Å². The molecule has 0 saturated carbocycles. The Morgan fingerprint density at radius 2 is 1.96 bits per heavy atom. The predicted molar refractivity (Wildman–Crippen MR) is 110 cm³/mol. The van der Waals surface area contributed by atoms with E-state index in [4.69, 9.17) is 0 Å². The van der Waals surface area contributed by atoms with Crippen LogP contribution in [0.5, 0.6) is 0 Å².